The molecule has 6 rings (SSSR count). The Balaban J connectivity index is 1.58. The van der Waals surface area contributed by atoms with Crippen LogP contribution in [0, 0.1) is 58.2 Å². The summed E-state index contributed by atoms with van der Waals surface area (Å²) in [5, 5.41) is 0. The first-order valence-corrected chi connectivity index (χ1v) is 9.80. The minimum Gasteiger partial charge on any atom is -0.469 e. The standard InChI is InChI=1S/C20H26O4/c1-23-17(21)19-13-9-3-5-11(7-9)15(13)20(19,18(22)24-2)16-12-6-4-10(8-12)14(16)19/h9-16H,3-8H2,1-2H3/t9-,10+,11+,12-,13+,14-,15-,16+,19?,20?. The van der Waals surface area contributed by atoms with E-state index in [4.69, 9.17) is 9.47 Å². The zero-order chi connectivity index (χ0) is 16.4. The number of esters is 2. The molecule has 0 amide bonds. The molecule has 6 saturated carbocycles. The van der Waals surface area contributed by atoms with Gasteiger partial charge in [0.2, 0.25) is 0 Å². The fourth-order valence-corrected chi connectivity index (χ4v) is 9.78. The van der Waals surface area contributed by atoms with Crippen molar-refractivity contribution >= 4 is 11.9 Å². The van der Waals surface area contributed by atoms with Gasteiger partial charge in [-0.1, -0.05) is 0 Å². The van der Waals surface area contributed by atoms with E-state index in [1.807, 2.05) is 0 Å². The van der Waals surface area contributed by atoms with Crippen LogP contribution in [-0.4, -0.2) is 26.2 Å². The largest absolute Gasteiger partial charge is 0.469 e. The van der Waals surface area contributed by atoms with Crippen LogP contribution in [0.15, 0.2) is 0 Å². The highest BCUT2D eigenvalue weighted by atomic mass is 16.5. The maximum Gasteiger partial charge on any atom is 0.313 e. The summed E-state index contributed by atoms with van der Waals surface area (Å²) in [6.07, 6.45) is 7.42. The molecular formula is C20H26O4. The second-order valence-corrected chi connectivity index (χ2v) is 9.49. The molecule has 0 N–H and O–H groups in total. The van der Waals surface area contributed by atoms with Crippen LogP contribution in [0.5, 0.6) is 0 Å². The van der Waals surface area contributed by atoms with Crippen LogP contribution in [0.25, 0.3) is 0 Å². The second kappa shape index (κ2) is 4.02. The van der Waals surface area contributed by atoms with E-state index in [1.165, 1.54) is 52.7 Å². The van der Waals surface area contributed by atoms with Gasteiger partial charge in [-0.2, -0.15) is 0 Å². The SMILES string of the molecule is COC(=O)C12[C@@H]3[C@H]4CC[C@H](C4)[C@@H]3C1(C(=O)OC)[C@@H]1[C@H]3CC[C@H](C3)[C@@H]12. The second-order valence-electron chi connectivity index (χ2n) is 9.49. The van der Waals surface area contributed by atoms with E-state index >= 15 is 0 Å². The van der Waals surface area contributed by atoms with Gasteiger partial charge < -0.3 is 9.47 Å². The van der Waals surface area contributed by atoms with Gasteiger partial charge in [0.1, 0.15) is 0 Å². The van der Waals surface area contributed by atoms with Crippen molar-refractivity contribution in [3.05, 3.63) is 0 Å². The number of carbonyl (C=O) groups is 2. The summed E-state index contributed by atoms with van der Waals surface area (Å²) in [6.45, 7) is 0. The highest BCUT2D eigenvalue weighted by molar-refractivity contribution is 5.96. The van der Waals surface area contributed by atoms with Gasteiger partial charge in [0.15, 0.2) is 0 Å². The van der Waals surface area contributed by atoms with E-state index in [-0.39, 0.29) is 11.9 Å². The van der Waals surface area contributed by atoms with Crippen molar-refractivity contribution in [3.8, 4) is 0 Å². The van der Waals surface area contributed by atoms with Crippen molar-refractivity contribution < 1.29 is 19.1 Å². The first kappa shape index (κ1) is 14.1. The molecular weight excluding hydrogens is 304 g/mol. The van der Waals surface area contributed by atoms with Gasteiger partial charge in [-0.3, -0.25) is 9.59 Å². The third-order valence-corrected chi connectivity index (χ3v) is 9.67. The van der Waals surface area contributed by atoms with Gasteiger partial charge in [0.05, 0.1) is 25.0 Å². The molecule has 0 aromatic carbocycles. The van der Waals surface area contributed by atoms with Crippen LogP contribution in [0.4, 0.5) is 0 Å². The topological polar surface area (TPSA) is 52.6 Å². The van der Waals surface area contributed by atoms with Crippen LogP contribution in [0.2, 0.25) is 0 Å². The predicted molar refractivity (Wildman–Crippen MR) is 84.5 cm³/mol. The van der Waals surface area contributed by atoms with E-state index in [2.05, 4.69) is 0 Å². The van der Waals surface area contributed by atoms with Crippen molar-refractivity contribution in [2.45, 2.75) is 38.5 Å². The van der Waals surface area contributed by atoms with Crippen molar-refractivity contribution in [2.75, 3.05) is 14.2 Å². The molecule has 2 unspecified atom stereocenters. The zero-order valence-corrected chi connectivity index (χ0v) is 14.5. The molecule has 4 bridgehead atoms. The average molecular weight is 330 g/mol. The molecule has 10 atom stereocenters. The lowest BCUT2D eigenvalue weighted by Gasteiger charge is -2.81. The number of methoxy groups -OCH3 is 2. The number of fused-ring (bicyclic) bond motifs is 15. The summed E-state index contributed by atoms with van der Waals surface area (Å²) in [7, 11) is 3.03. The Morgan fingerprint density at radius 1 is 0.667 bits per heavy atom. The number of hydrogen-bond donors (Lipinski definition) is 0. The Labute approximate surface area is 142 Å². The Morgan fingerprint density at radius 2 is 0.958 bits per heavy atom. The molecule has 6 fully saturated rings. The van der Waals surface area contributed by atoms with Crippen LogP contribution in [-0.2, 0) is 19.1 Å². The Hall–Kier alpha value is -1.06. The summed E-state index contributed by atoms with van der Waals surface area (Å²) in [4.78, 5) is 26.4. The molecule has 6 aliphatic carbocycles. The van der Waals surface area contributed by atoms with E-state index < -0.39 is 10.8 Å². The lowest BCUT2D eigenvalue weighted by atomic mass is 9.19. The lowest BCUT2D eigenvalue weighted by molar-refractivity contribution is -0.363. The lowest BCUT2D eigenvalue weighted by Crippen LogP contribution is -2.87. The molecule has 0 spiro atoms. The maximum atomic E-state index is 13.2. The van der Waals surface area contributed by atoms with E-state index in [1.54, 1.807) is 0 Å². The fraction of sp³-hybridized carbons (Fsp3) is 0.900. The van der Waals surface area contributed by atoms with E-state index in [0.29, 0.717) is 47.3 Å². The third-order valence-electron chi connectivity index (χ3n) is 9.67. The van der Waals surface area contributed by atoms with Crippen LogP contribution >= 0.6 is 0 Å². The molecule has 0 aromatic heterocycles. The van der Waals surface area contributed by atoms with E-state index in [0.717, 1.165) is 0 Å². The van der Waals surface area contributed by atoms with Crippen LogP contribution < -0.4 is 0 Å². The summed E-state index contributed by atoms with van der Waals surface area (Å²) in [5.41, 5.74) is -1.08. The van der Waals surface area contributed by atoms with Gasteiger partial charge >= 0.3 is 11.9 Å². The molecule has 0 heterocycles. The van der Waals surface area contributed by atoms with Crippen molar-refractivity contribution in [1.82, 2.24) is 0 Å². The molecule has 0 aromatic rings. The molecule has 4 nitrogen and oxygen atoms in total. The first-order chi connectivity index (χ1) is 11.6. The highest BCUT2D eigenvalue weighted by Gasteiger charge is 2.97. The quantitative estimate of drug-likeness (QED) is 0.731. The molecule has 4 heteroatoms. The van der Waals surface area contributed by atoms with Crippen molar-refractivity contribution in [2.24, 2.45) is 58.2 Å². The number of carbonyl (C=O) groups excluding carboxylic acids is 2. The Morgan fingerprint density at radius 3 is 1.21 bits per heavy atom. The number of rotatable bonds is 2. The molecule has 24 heavy (non-hydrogen) atoms. The predicted octanol–water partition coefficient (Wildman–Crippen LogP) is 2.66. The van der Waals surface area contributed by atoms with Crippen LogP contribution in [0.3, 0.4) is 0 Å². The van der Waals surface area contributed by atoms with Gasteiger partial charge in [0, 0.05) is 0 Å². The van der Waals surface area contributed by atoms with E-state index in [9.17, 15) is 9.59 Å². The monoisotopic (exact) mass is 330 g/mol. The Kier molecular flexibility index (Phi) is 2.37. The van der Waals surface area contributed by atoms with Gasteiger partial charge in [-0.25, -0.2) is 0 Å². The summed E-state index contributed by atoms with van der Waals surface area (Å²) in [5.74, 6) is 3.94. The molecule has 0 saturated heterocycles. The summed E-state index contributed by atoms with van der Waals surface area (Å²) < 4.78 is 10.8. The average Bonchev–Trinajstić information content (AvgIpc) is 3.33. The van der Waals surface area contributed by atoms with Gasteiger partial charge in [-0.05, 0) is 85.9 Å². The highest BCUT2D eigenvalue weighted by Crippen LogP contribution is 2.93. The molecule has 0 radical (unpaired) electrons. The van der Waals surface area contributed by atoms with Gasteiger partial charge in [-0.15, -0.1) is 0 Å². The minimum absolute atomic E-state index is 0.0875. The van der Waals surface area contributed by atoms with Crippen LogP contribution in [0.1, 0.15) is 38.5 Å². The zero-order valence-electron chi connectivity index (χ0n) is 14.5. The van der Waals surface area contributed by atoms with Crippen molar-refractivity contribution in [3.63, 3.8) is 0 Å². The molecule has 130 valence electrons. The van der Waals surface area contributed by atoms with Crippen molar-refractivity contribution in [1.29, 1.82) is 0 Å². The third kappa shape index (κ3) is 1.03. The van der Waals surface area contributed by atoms with Gasteiger partial charge in [0.25, 0.3) is 0 Å². The number of ether oxygens (including phenoxy) is 2. The normalized spacial score (nSPS) is 60.6. The smallest absolute Gasteiger partial charge is 0.313 e. The summed E-state index contributed by atoms with van der Waals surface area (Å²) >= 11 is 0. The summed E-state index contributed by atoms with van der Waals surface area (Å²) in [6, 6.07) is 0. The number of hydrogen-bond acceptors (Lipinski definition) is 4. The first-order valence-electron chi connectivity index (χ1n) is 9.80. The minimum atomic E-state index is -0.538. The maximum absolute atomic E-state index is 13.2. The fourth-order valence-electron chi connectivity index (χ4n) is 9.78. The Bertz CT molecular complexity index is 566. The molecule has 6 aliphatic rings. The molecule has 0 aliphatic heterocycles.